The fourth-order valence-corrected chi connectivity index (χ4v) is 5.19. The van der Waals surface area contributed by atoms with Crippen molar-refractivity contribution in [3.8, 4) is 0 Å². The summed E-state index contributed by atoms with van der Waals surface area (Å²) in [5.41, 5.74) is 4.58. The largest absolute Gasteiger partial charge is 0.0832 e. The molecule has 3 rings (SSSR count). The molecule has 1 aromatic carbocycles. The van der Waals surface area contributed by atoms with Crippen LogP contribution in [-0.2, 0) is 6.42 Å². The molecular formula is C13H14Si2. The maximum absolute atomic E-state index is 2.41. The van der Waals surface area contributed by atoms with Crippen molar-refractivity contribution in [2.24, 2.45) is 0 Å². The maximum Gasteiger partial charge on any atom is 0.0228 e. The summed E-state index contributed by atoms with van der Waals surface area (Å²) in [5, 5.41) is 1.69. The highest BCUT2D eigenvalue weighted by Gasteiger charge is 2.22. The third-order valence-electron chi connectivity index (χ3n) is 3.36. The smallest absolute Gasteiger partial charge is 0.0228 e. The van der Waals surface area contributed by atoms with Crippen LogP contribution in [0.1, 0.15) is 22.6 Å². The van der Waals surface area contributed by atoms with Crippen LogP contribution in [-0.4, -0.2) is 23.6 Å². The van der Waals surface area contributed by atoms with E-state index >= 15 is 0 Å². The molecule has 0 bridgehead atoms. The second-order valence-corrected chi connectivity index (χ2v) is 7.13. The van der Waals surface area contributed by atoms with Gasteiger partial charge in [-0.3, -0.25) is 0 Å². The van der Waals surface area contributed by atoms with Crippen molar-refractivity contribution in [3.05, 3.63) is 53.1 Å². The van der Waals surface area contributed by atoms with E-state index in [2.05, 4.69) is 42.5 Å². The molecule has 1 unspecified atom stereocenters. The first-order valence-corrected chi connectivity index (χ1v) is 10.7. The van der Waals surface area contributed by atoms with Gasteiger partial charge in [0, 0.05) is 15.7 Å². The van der Waals surface area contributed by atoms with Gasteiger partial charge in [0.25, 0.3) is 0 Å². The second-order valence-electron chi connectivity index (χ2n) is 4.15. The predicted octanol–water partition coefficient (Wildman–Crippen LogP) is 0.799. The molecule has 0 fully saturated rings. The number of rotatable bonds is 0. The van der Waals surface area contributed by atoms with Crippen molar-refractivity contribution in [2.45, 2.75) is 12.3 Å². The van der Waals surface area contributed by atoms with Crippen molar-refractivity contribution in [2.75, 3.05) is 0 Å². The highest BCUT2D eigenvalue weighted by Crippen LogP contribution is 2.34. The molecule has 0 saturated heterocycles. The molecule has 1 atom stereocenters. The Balaban J connectivity index is 2.28. The molecule has 0 aromatic heterocycles. The Kier molecular flexibility index (Phi) is 2.18. The molecule has 0 amide bonds. The number of benzene rings is 1. The lowest BCUT2D eigenvalue weighted by atomic mass is 9.80. The van der Waals surface area contributed by atoms with Gasteiger partial charge in [-0.25, -0.2) is 0 Å². The van der Waals surface area contributed by atoms with Crippen molar-refractivity contribution < 1.29 is 0 Å². The third kappa shape index (κ3) is 1.36. The van der Waals surface area contributed by atoms with E-state index in [0.29, 0.717) is 14.6 Å². The first kappa shape index (κ1) is 9.25. The first-order valence-electron chi connectivity index (χ1n) is 5.53. The molecular weight excluding hydrogens is 212 g/mol. The van der Waals surface area contributed by atoms with E-state index in [1.807, 2.05) is 0 Å². The van der Waals surface area contributed by atoms with Gasteiger partial charge in [0.15, 0.2) is 0 Å². The highest BCUT2D eigenvalue weighted by atomic mass is 29.1. The van der Waals surface area contributed by atoms with E-state index < -0.39 is 0 Å². The summed E-state index contributed by atoms with van der Waals surface area (Å²) >= 11 is 0. The first-order chi connectivity index (χ1) is 7.40. The standard InChI is InChI=1S/C13H14Si2/c14-15-12-8-7-10-4-1-3-9-5-2-6-11(12)13(9)10/h1-4,6-8,11,15H,5H2,14H3. The summed E-state index contributed by atoms with van der Waals surface area (Å²) in [6.07, 6.45) is 10.6. The topological polar surface area (TPSA) is 0 Å². The molecule has 0 nitrogen and oxygen atoms in total. The number of hydrogen-bond acceptors (Lipinski definition) is 0. The molecule has 0 spiro atoms. The van der Waals surface area contributed by atoms with Crippen LogP contribution >= 0.6 is 0 Å². The van der Waals surface area contributed by atoms with Crippen LogP contribution in [0.3, 0.4) is 0 Å². The van der Waals surface area contributed by atoms with Crippen molar-refractivity contribution in [1.29, 1.82) is 0 Å². The van der Waals surface area contributed by atoms with E-state index in [0.717, 1.165) is 6.42 Å². The van der Waals surface area contributed by atoms with Crippen molar-refractivity contribution in [1.82, 2.24) is 0 Å². The Morgan fingerprint density at radius 3 is 3.07 bits per heavy atom. The van der Waals surface area contributed by atoms with Crippen LogP contribution in [0, 0.1) is 0 Å². The molecule has 0 aliphatic heterocycles. The summed E-state index contributed by atoms with van der Waals surface area (Å²) < 4.78 is 0. The van der Waals surface area contributed by atoms with Crippen molar-refractivity contribution in [3.63, 3.8) is 0 Å². The highest BCUT2D eigenvalue weighted by molar-refractivity contribution is 6.96. The Morgan fingerprint density at radius 2 is 2.20 bits per heavy atom. The Labute approximate surface area is 95.4 Å². The van der Waals surface area contributed by atoms with Gasteiger partial charge in [-0.05, 0) is 31.8 Å². The number of allylic oxidation sites excluding steroid dienone is 3. The molecule has 2 aliphatic rings. The zero-order chi connectivity index (χ0) is 10.3. The minimum Gasteiger partial charge on any atom is -0.0832 e. The molecule has 2 aliphatic carbocycles. The average Bonchev–Trinajstić information content (AvgIpc) is 2.30. The number of hydrogen-bond donors (Lipinski definition) is 0. The monoisotopic (exact) mass is 226 g/mol. The summed E-state index contributed by atoms with van der Waals surface area (Å²) in [6.45, 7) is 0. The fraction of sp³-hybridized carbons (Fsp3) is 0.154. The lowest BCUT2D eigenvalue weighted by molar-refractivity contribution is 1.03. The van der Waals surface area contributed by atoms with Crippen LogP contribution in [0.25, 0.3) is 6.08 Å². The lowest BCUT2D eigenvalue weighted by Crippen LogP contribution is -2.20. The third-order valence-corrected chi connectivity index (χ3v) is 6.57. The van der Waals surface area contributed by atoms with Gasteiger partial charge in [0.05, 0.1) is 0 Å². The van der Waals surface area contributed by atoms with Gasteiger partial charge in [-0.15, -0.1) is 0 Å². The van der Waals surface area contributed by atoms with E-state index in [1.54, 1.807) is 10.7 Å². The van der Waals surface area contributed by atoms with Gasteiger partial charge in [-0.2, -0.15) is 0 Å². The minimum atomic E-state index is 0.580. The molecule has 2 heteroatoms. The zero-order valence-electron chi connectivity index (χ0n) is 8.90. The lowest BCUT2D eigenvalue weighted by Gasteiger charge is -2.27. The summed E-state index contributed by atoms with van der Waals surface area (Å²) in [7, 11) is 1.93. The van der Waals surface area contributed by atoms with Crippen LogP contribution in [0.5, 0.6) is 0 Å². The Morgan fingerprint density at radius 1 is 1.27 bits per heavy atom. The average molecular weight is 226 g/mol. The molecule has 15 heavy (non-hydrogen) atoms. The molecule has 0 radical (unpaired) electrons. The van der Waals surface area contributed by atoms with Gasteiger partial charge in [-0.1, -0.05) is 47.7 Å². The maximum atomic E-state index is 2.41. The zero-order valence-corrected chi connectivity index (χ0v) is 12.1. The van der Waals surface area contributed by atoms with Crippen LogP contribution < -0.4 is 0 Å². The van der Waals surface area contributed by atoms with Gasteiger partial charge in [0.1, 0.15) is 0 Å². The predicted molar refractivity (Wildman–Crippen MR) is 73.2 cm³/mol. The molecule has 0 saturated carbocycles. The Hall–Kier alpha value is -0.996. The minimum absolute atomic E-state index is 0.580. The van der Waals surface area contributed by atoms with Gasteiger partial charge in [0.2, 0.25) is 0 Å². The van der Waals surface area contributed by atoms with E-state index in [1.165, 1.54) is 20.9 Å². The van der Waals surface area contributed by atoms with Crippen LogP contribution in [0.2, 0.25) is 0 Å². The molecule has 0 heterocycles. The van der Waals surface area contributed by atoms with E-state index in [-0.39, 0.29) is 0 Å². The summed E-state index contributed by atoms with van der Waals surface area (Å²) in [5.74, 6) is 0.627. The van der Waals surface area contributed by atoms with E-state index in [9.17, 15) is 0 Å². The second kappa shape index (κ2) is 3.54. The molecule has 0 N–H and O–H groups in total. The van der Waals surface area contributed by atoms with Crippen molar-refractivity contribution >= 4 is 29.7 Å². The Bertz CT molecular complexity index is 495. The SMILES string of the molecule is [SiH3][SiH]=C1C=Cc2cccc3c2C1C=CC3. The van der Waals surface area contributed by atoms with E-state index in [4.69, 9.17) is 0 Å². The molecule has 74 valence electrons. The fourth-order valence-electron chi connectivity index (χ4n) is 2.61. The van der Waals surface area contributed by atoms with Crippen LogP contribution in [0.4, 0.5) is 0 Å². The van der Waals surface area contributed by atoms with Gasteiger partial charge < -0.3 is 0 Å². The summed E-state index contributed by atoms with van der Waals surface area (Å²) in [4.78, 5) is 0. The molecule has 1 aromatic rings. The van der Waals surface area contributed by atoms with Gasteiger partial charge >= 0.3 is 0 Å². The quantitative estimate of drug-likeness (QED) is 0.453. The van der Waals surface area contributed by atoms with Crippen LogP contribution in [0.15, 0.2) is 36.4 Å². The summed E-state index contributed by atoms with van der Waals surface area (Å²) in [6, 6.07) is 6.72. The normalized spacial score (nSPS) is 24.5.